The van der Waals surface area contributed by atoms with Crippen LogP contribution in [-0.4, -0.2) is 5.91 Å². The van der Waals surface area contributed by atoms with Crippen molar-refractivity contribution in [1.82, 2.24) is 0 Å². The first-order valence-corrected chi connectivity index (χ1v) is 6.71. The van der Waals surface area contributed by atoms with Crippen LogP contribution in [-0.2, 0) is 11.2 Å². The Kier molecular flexibility index (Phi) is 4.56. The number of halogens is 3. The zero-order valence-corrected chi connectivity index (χ0v) is 12.1. The number of hydrogen-bond acceptors (Lipinski definition) is 1. The largest absolute Gasteiger partial charge is 0.325 e. The van der Waals surface area contributed by atoms with Crippen molar-refractivity contribution >= 4 is 39.1 Å². The molecule has 5 heteroatoms. The van der Waals surface area contributed by atoms with E-state index in [2.05, 4.69) is 21.2 Å². The van der Waals surface area contributed by atoms with E-state index in [9.17, 15) is 9.18 Å². The second-order valence-electron chi connectivity index (χ2n) is 3.98. The second-order valence-corrected chi connectivity index (χ2v) is 5.27. The van der Waals surface area contributed by atoms with Gasteiger partial charge >= 0.3 is 0 Å². The van der Waals surface area contributed by atoms with Crippen molar-refractivity contribution in [2.24, 2.45) is 0 Å². The van der Waals surface area contributed by atoms with Crippen LogP contribution in [0.1, 0.15) is 5.56 Å². The number of anilines is 1. The first-order valence-electron chi connectivity index (χ1n) is 5.54. The molecule has 2 aromatic rings. The summed E-state index contributed by atoms with van der Waals surface area (Å²) in [4.78, 5) is 11.8. The summed E-state index contributed by atoms with van der Waals surface area (Å²) in [5, 5.41) is 3.35. The number of hydrogen-bond donors (Lipinski definition) is 1. The molecule has 1 N–H and O–H groups in total. The lowest BCUT2D eigenvalue weighted by Crippen LogP contribution is -2.14. The first kappa shape index (κ1) is 14.0. The summed E-state index contributed by atoms with van der Waals surface area (Å²) in [5.74, 6) is -0.530. The van der Waals surface area contributed by atoms with Gasteiger partial charge in [0.15, 0.2) is 0 Å². The molecule has 2 nitrogen and oxygen atoms in total. The Morgan fingerprint density at radius 1 is 1.21 bits per heavy atom. The molecule has 0 aromatic heterocycles. The van der Waals surface area contributed by atoms with Crippen LogP contribution in [0.2, 0.25) is 5.02 Å². The first-order chi connectivity index (χ1) is 9.04. The van der Waals surface area contributed by atoms with Gasteiger partial charge in [0.05, 0.1) is 12.1 Å². The topological polar surface area (TPSA) is 29.1 Å². The van der Waals surface area contributed by atoms with E-state index in [1.165, 1.54) is 18.2 Å². The number of amides is 1. The van der Waals surface area contributed by atoms with Crippen molar-refractivity contribution in [2.75, 3.05) is 5.32 Å². The van der Waals surface area contributed by atoms with Crippen LogP contribution in [0, 0.1) is 5.82 Å². The maximum absolute atomic E-state index is 12.9. The average molecular weight is 343 g/mol. The molecular formula is C14H10BrClFNO. The zero-order valence-electron chi connectivity index (χ0n) is 9.79. The minimum Gasteiger partial charge on any atom is -0.325 e. The quantitative estimate of drug-likeness (QED) is 0.879. The van der Waals surface area contributed by atoms with Crippen molar-refractivity contribution < 1.29 is 9.18 Å². The smallest absolute Gasteiger partial charge is 0.228 e. The highest BCUT2D eigenvalue weighted by Crippen LogP contribution is 2.23. The third kappa shape index (κ3) is 4.04. The maximum atomic E-state index is 12.9. The molecule has 2 rings (SSSR count). The summed E-state index contributed by atoms with van der Waals surface area (Å²) in [6, 6.07) is 11.2. The lowest BCUT2D eigenvalue weighted by Gasteiger charge is -2.07. The predicted octanol–water partition coefficient (Wildman–Crippen LogP) is 4.42. The number of nitrogens with one attached hydrogen (secondary N) is 1. The monoisotopic (exact) mass is 341 g/mol. The molecule has 0 atom stereocenters. The van der Waals surface area contributed by atoms with E-state index in [0.29, 0.717) is 15.2 Å². The van der Waals surface area contributed by atoms with E-state index in [0.717, 1.165) is 5.56 Å². The van der Waals surface area contributed by atoms with Crippen LogP contribution in [0.15, 0.2) is 46.9 Å². The molecule has 0 spiro atoms. The van der Waals surface area contributed by atoms with E-state index in [1.807, 2.05) is 0 Å². The standard InChI is InChI=1S/C14H10BrClFNO/c15-12-8-11(17)5-6-13(12)18-14(19)7-9-1-3-10(16)4-2-9/h1-6,8H,7H2,(H,18,19). The van der Waals surface area contributed by atoms with Crippen LogP contribution in [0.3, 0.4) is 0 Å². The minimum atomic E-state index is -0.359. The van der Waals surface area contributed by atoms with Crippen molar-refractivity contribution in [2.45, 2.75) is 6.42 Å². The lowest BCUT2D eigenvalue weighted by atomic mass is 10.1. The summed E-state index contributed by atoms with van der Waals surface area (Å²) in [5.41, 5.74) is 1.40. The Bertz CT molecular complexity index is 601. The van der Waals surface area contributed by atoms with Crippen LogP contribution in [0.4, 0.5) is 10.1 Å². The molecule has 0 saturated heterocycles. The Labute approximate surface area is 123 Å². The Balaban J connectivity index is 2.03. The molecule has 2 aromatic carbocycles. The van der Waals surface area contributed by atoms with Gasteiger partial charge in [0.1, 0.15) is 5.82 Å². The highest BCUT2D eigenvalue weighted by Gasteiger charge is 2.07. The summed E-state index contributed by atoms with van der Waals surface area (Å²) in [7, 11) is 0. The van der Waals surface area contributed by atoms with Gasteiger partial charge in [-0.2, -0.15) is 0 Å². The van der Waals surface area contributed by atoms with Crippen molar-refractivity contribution in [1.29, 1.82) is 0 Å². The second kappa shape index (κ2) is 6.17. The Morgan fingerprint density at radius 2 is 1.89 bits per heavy atom. The molecule has 1 amide bonds. The number of carbonyl (C=O) groups excluding carboxylic acids is 1. The zero-order chi connectivity index (χ0) is 13.8. The van der Waals surface area contributed by atoms with Gasteiger partial charge < -0.3 is 5.32 Å². The summed E-state index contributed by atoms with van der Waals surface area (Å²) in [6.07, 6.45) is 0.237. The lowest BCUT2D eigenvalue weighted by molar-refractivity contribution is -0.115. The molecule has 19 heavy (non-hydrogen) atoms. The van der Waals surface area contributed by atoms with E-state index >= 15 is 0 Å². The number of carbonyl (C=O) groups is 1. The predicted molar refractivity (Wildman–Crippen MR) is 77.9 cm³/mol. The summed E-state index contributed by atoms with van der Waals surface area (Å²) in [6.45, 7) is 0. The van der Waals surface area contributed by atoms with Gasteiger partial charge in [-0.15, -0.1) is 0 Å². The molecule has 0 heterocycles. The minimum absolute atomic E-state index is 0.172. The molecule has 98 valence electrons. The van der Waals surface area contributed by atoms with Crippen LogP contribution < -0.4 is 5.32 Å². The third-order valence-corrected chi connectivity index (χ3v) is 3.39. The average Bonchev–Trinajstić information content (AvgIpc) is 2.36. The fourth-order valence-corrected chi connectivity index (χ4v) is 2.15. The van der Waals surface area contributed by atoms with Gasteiger partial charge in [0.2, 0.25) is 5.91 Å². The Morgan fingerprint density at radius 3 is 2.53 bits per heavy atom. The number of benzene rings is 2. The Hall–Kier alpha value is -1.39. The van der Waals surface area contributed by atoms with E-state index in [-0.39, 0.29) is 18.1 Å². The fourth-order valence-electron chi connectivity index (χ4n) is 1.57. The molecule has 0 aliphatic heterocycles. The van der Waals surface area contributed by atoms with Gasteiger partial charge in [-0.3, -0.25) is 4.79 Å². The van der Waals surface area contributed by atoms with Gasteiger partial charge in [-0.05, 0) is 51.8 Å². The number of rotatable bonds is 3. The molecule has 0 unspecified atom stereocenters. The van der Waals surface area contributed by atoms with Crippen LogP contribution in [0.5, 0.6) is 0 Å². The van der Waals surface area contributed by atoms with Gasteiger partial charge in [0.25, 0.3) is 0 Å². The molecule has 0 aliphatic carbocycles. The molecule has 0 aliphatic rings. The summed E-state index contributed by atoms with van der Waals surface area (Å²) >= 11 is 8.97. The van der Waals surface area contributed by atoms with Gasteiger partial charge in [-0.1, -0.05) is 23.7 Å². The highest BCUT2D eigenvalue weighted by atomic mass is 79.9. The van der Waals surface area contributed by atoms with Crippen LogP contribution in [0.25, 0.3) is 0 Å². The summed E-state index contributed by atoms with van der Waals surface area (Å²) < 4.78 is 13.4. The maximum Gasteiger partial charge on any atom is 0.228 e. The molecule has 0 radical (unpaired) electrons. The van der Waals surface area contributed by atoms with Crippen molar-refractivity contribution in [3.05, 3.63) is 63.3 Å². The molecular weight excluding hydrogens is 333 g/mol. The van der Waals surface area contributed by atoms with E-state index in [1.54, 1.807) is 24.3 Å². The van der Waals surface area contributed by atoms with Gasteiger partial charge in [0, 0.05) is 9.50 Å². The van der Waals surface area contributed by atoms with Crippen molar-refractivity contribution in [3.8, 4) is 0 Å². The third-order valence-electron chi connectivity index (χ3n) is 2.48. The van der Waals surface area contributed by atoms with Crippen LogP contribution >= 0.6 is 27.5 Å². The molecule has 0 saturated carbocycles. The van der Waals surface area contributed by atoms with Crippen molar-refractivity contribution in [3.63, 3.8) is 0 Å². The van der Waals surface area contributed by atoms with E-state index in [4.69, 9.17) is 11.6 Å². The van der Waals surface area contributed by atoms with E-state index < -0.39 is 0 Å². The normalized spacial score (nSPS) is 10.3. The molecule has 0 fully saturated rings. The highest BCUT2D eigenvalue weighted by molar-refractivity contribution is 9.10. The fraction of sp³-hybridized carbons (Fsp3) is 0.0714. The molecule has 0 bridgehead atoms. The SMILES string of the molecule is O=C(Cc1ccc(Cl)cc1)Nc1ccc(F)cc1Br. The van der Waals surface area contributed by atoms with Gasteiger partial charge in [-0.25, -0.2) is 4.39 Å².